The second-order valence-corrected chi connectivity index (χ2v) is 8.12. The van der Waals surface area contributed by atoms with Crippen LogP contribution in [0.1, 0.15) is 44.4 Å². The van der Waals surface area contributed by atoms with Gasteiger partial charge in [0.1, 0.15) is 12.3 Å². The van der Waals surface area contributed by atoms with Crippen LogP contribution in [0.4, 0.5) is 5.69 Å². The third-order valence-corrected chi connectivity index (χ3v) is 5.55. The lowest BCUT2D eigenvalue weighted by Crippen LogP contribution is -2.35. The minimum absolute atomic E-state index is 0.0588. The number of amides is 2. The van der Waals surface area contributed by atoms with E-state index in [1.54, 1.807) is 19.5 Å². The van der Waals surface area contributed by atoms with Crippen molar-refractivity contribution in [2.75, 3.05) is 12.4 Å². The molecule has 2 heterocycles. The third kappa shape index (κ3) is 6.41. The van der Waals surface area contributed by atoms with Crippen LogP contribution in [-0.2, 0) is 22.6 Å². The third-order valence-electron chi connectivity index (χ3n) is 5.55. The molecule has 0 saturated heterocycles. The zero-order valence-corrected chi connectivity index (χ0v) is 18.6. The van der Waals surface area contributed by atoms with Gasteiger partial charge in [0.25, 0.3) is 0 Å². The van der Waals surface area contributed by atoms with Crippen molar-refractivity contribution in [1.82, 2.24) is 25.2 Å². The predicted octanol–water partition coefficient (Wildman–Crippen LogP) is 2.96. The van der Waals surface area contributed by atoms with Gasteiger partial charge in [-0.15, -0.1) is 0 Å². The molecule has 10 heteroatoms. The summed E-state index contributed by atoms with van der Waals surface area (Å²) in [6, 6.07) is 7.66. The Morgan fingerprint density at radius 1 is 1.18 bits per heavy atom. The number of carbonyl (C=O) groups excluding carboxylic acids is 2. The molecule has 174 valence electrons. The fourth-order valence-electron chi connectivity index (χ4n) is 3.84. The number of hydrogen-bond donors (Lipinski definition) is 2. The van der Waals surface area contributed by atoms with Crippen molar-refractivity contribution in [3.63, 3.8) is 0 Å². The molecule has 0 bridgehead atoms. The number of nitrogens with zero attached hydrogens (tertiary/aromatic N) is 4. The standard InChI is InChI=1S/C23H28N6O4/c1-32-19-11-9-16(10-12-19)23-27-22(33-28-23)8-4-7-20(30)26-18-13-24-29(14-18)15-21(31)25-17-5-2-3-6-17/h9-14,17H,2-8,15H2,1H3,(H,25,31)(H,26,30). The number of benzene rings is 1. The number of ether oxygens (including phenoxy) is 1. The van der Waals surface area contributed by atoms with Crippen LogP contribution < -0.4 is 15.4 Å². The fourth-order valence-corrected chi connectivity index (χ4v) is 3.84. The van der Waals surface area contributed by atoms with Crippen LogP contribution in [0.5, 0.6) is 5.75 Å². The van der Waals surface area contributed by atoms with Crippen LogP contribution in [0.15, 0.2) is 41.2 Å². The molecule has 2 N–H and O–H groups in total. The summed E-state index contributed by atoms with van der Waals surface area (Å²) in [4.78, 5) is 28.7. The number of methoxy groups -OCH3 is 1. The van der Waals surface area contributed by atoms with Crippen molar-refractivity contribution in [2.24, 2.45) is 0 Å². The van der Waals surface area contributed by atoms with E-state index in [9.17, 15) is 9.59 Å². The molecule has 0 radical (unpaired) electrons. The molecule has 10 nitrogen and oxygen atoms in total. The second kappa shape index (κ2) is 10.8. The number of aryl methyl sites for hydroxylation is 1. The van der Waals surface area contributed by atoms with Crippen LogP contribution in [0.25, 0.3) is 11.4 Å². The average Bonchev–Trinajstić information content (AvgIpc) is 3.57. The minimum Gasteiger partial charge on any atom is -0.497 e. The largest absolute Gasteiger partial charge is 0.497 e. The normalized spacial score (nSPS) is 13.7. The molecule has 33 heavy (non-hydrogen) atoms. The Morgan fingerprint density at radius 2 is 1.97 bits per heavy atom. The van der Waals surface area contributed by atoms with Crippen LogP contribution in [0.3, 0.4) is 0 Å². The van der Waals surface area contributed by atoms with Crippen molar-refractivity contribution in [2.45, 2.75) is 57.5 Å². The van der Waals surface area contributed by atoms with Gasteiger partial charge in [-0.2, -0.15) is 10.1 Å². The summed E-state index contributed by atoms with van der Waals surface area (Å²) in [6.45, 7) is 0.139. The van der Waals surface area contributed by atoms with Gasteiger partial charge in [0.2, 0.25) is 23.5 Å². The highest BCUT2D eigenvalue weighted by Crippen LogP contribution is 2.20. The maximum absolute atomic E-state index is 12.2. The molecule has 2 aromatic heterocycles. The molecule has 2 amide bonds. The van der Waals surface area contributed by atoms with Gasteiger partial charge in [-0.25, -0.2) is 0 Å². The van der Waals surface area contributed by atoms with E-state index in [0.29, 0.717) is 36.7 Å². The van der Waals surface area contributed by atoms with Gasteiger partial charge >= 0.3 is 0 Å². The molecular formula is C23H28N6O4. The van der Waals surface area contributed by atoms with E-state index in [0.717, 1.165) is 24.2 Å². The minimum atomic E-state index is -0.139. The lowest BCUT2D eigenvalue weighted by Gasteiger charge is -2.11. The Bertz CT molecular complexity index is 1070. The molecule has 1 saturated carbocycles. The molecule has 0 aliphatic heterocycles. The van der Waals surface area contributed by atoms with Gasteiger partial charge in [-0.1, -0.05) is 18.0 Å². The molecule has 0 atom stereocenters. The lowest BCUT2D eigenvalue weighted by molar-refractivity contribution is -0.122. The number of nitrogens with one attached hydrogen (secondary N) is 2. The van der Waals surface area contributed by atoms with E-state index in [2.05, 4.69) is 25.9 Å². The highest BCUT2D eigenvalue weighted by Gasteiger charge is 2.17. The summed E-state index contributed by atoms with van der Waals surface area (Å²) >= 11 is 0. The molecule has 0 spiro atoms. The van der Waals surface area contributed by atoms with Crippen molar-refractivity contribution in [3.8, 4) is 17.1 Å². The molecule has 0 unspecified atom stereocenters. The van der Waals surface area contributed by atoms with E-state index in [1.165, 1.54) is 17.5 Å². The van der Waals surface area contributed by atoms with Gasteiger partial charge in [-0.3, -0.25) is 14.3 Å². The van der Waals surface area contributed by atoms with Crippen LogP contribution in [0.2, 0.25) is 0 Å². The van der Waals surface area contributed by atoms with Crippen molar-refractivity contribution in [1.29, 1.82) is 0 Å². The first-order valence-electron chi connectivity index (χ1n) is 11.2. The van der Waals surface area contributed by atoms with Gasteiger partial charge in [0, 0.05) is 30.6 Å². The highest BCUT2D eigenvalue weighted by molar-refractivity contribution is 5.90. The molecule has 1 fully saturated rings. The maximum Gasteiger partial charge on any atom is 0.241 e. The SMILES string of the molecule is COc1ccc(-c2noc(CCCC(=O)Nc3cnn(CC(=O)NC4CCCC4)c3)n2)cc1. The molecule has 4 rings (SSSR count). The molecule has 1 aliphatic carbocycles. The maximum atomic E-state index is 12.2. The van der Waals surface area contributed by atoms with Crippen LogP contribution >= 0.6 is 0 Å². The zero-order chi connectivity index (χ0) is 23.0. The first-order valence-corrected chi connectivity index (χ1v) is 11.2. The Balaban J connectivity index is 1.18. The molecule has 3 aromatic rings. The first-order chi connectivity index (χ1) is 16.1. The molecule has 1 aromatic carbocycles. The Morgan fingerprint density at radius 3 is 2.73 bits per heavy atom. The van der Waals surface area contributed by atoms with Gasteiger partial charge < -0.3 is 19.9 Å². The van der Waals surface area contributed by atoms with E-state index in [-0.39, 0.29) is 24.4 Å². The van der Waals surface area contributed by atoms with Gasteiger partial charge in [0.05, 0.1) is 19.0 Å². The van der Waals surface area contributed by atoms with Crippen molar-refractivity contribution >= 4 is 17.5 Å². The number of carbonyl (C=O) groups is 2. The fraction of sp³-hybridized carbons (Fsp3) is 0.435. The lowest BCUT2D eigenvalue weighted by atomic mass is 10.2. The smallest absolute Gasteiger partial charge is 0.241 e. The summed E-state index contributed by atoms with van der Waals surface area (Å²) in [5.74, 6) is 1.54. The summed E-state index contributed by atoms with van der Waals surface area (Å²) < 4.78 is 12.0. The van der Waals surface area contributed by atoms with E-state index in [1.807, 2.05) is 24.3 Å². The molecule has 1 aliphatic rings. The Hall–Kier alpha value is -3.69. The summed E-state index contributed by atoms with van der Waals surface area (Å²) in [6.07, 6.45) is 8.97. The van der Waals surface area contributed by atoms with E-state index in [4.69, 9.17) is 9.26 Å². The summed E-state index contributed by atoms with van der Waals surface area (Å²) in [7, 11) is 1.61. The number of aromatic nitrogens is 4. The second-order valence-electron chi connectivity index (χ2n) is 8.12. The topological polar surface area (TPSA) is 124 Å². The van der Waals surface area contributed by atoms with Crippen LogP contribution in [-0.4, -0.2) is 44.9 Å². The van der Waals surface area contributed by atoms with Crippen molar-refractivity contribution < 1.29 is 18.8 Å². The monoisotopic (exact) mass is 452 g/mol. The van der Waals surface area contributed by atoms with Gasteiger partial charge in [-0.05, 0) is 43.5 Å². The van der Waals surface area contributed by atoms with Gasteiger partial charge in [0.15, 0.2) is 0 Å². The average molecular weight is 453 g/mol. The Kier molecular flexibility index (Phi) is 7.33. The summed E-state index contributed by atoms with van der Waals surface area (Å²) in [5, 5.41) is 14.0. The number of rotatable bonds is 10. The Labute approximate surface area is 191 Å². The van der Waals surface area contributed by atoms with E-state index >= 15 is 0 Å². The number of anilines is 1. The quantitative estimate of drug-likeness (QED) is 0.485. The zero-order valence-electron chi connectivity index (χ0n) is 18.6. The highest BCUT2D eigenvalue weighted by atomic mass is 16.5. The summed E-state index contributed by atoms with van der Waals surface area (Å²) in [5.41, 5.74) is 1.39. The predicted molar refractivity (Wildman–Crippen MR) is 120 cm³/mol. The number of hydrogen-bond acceptors (Lipinski definition) is 7. The molecular weight excluding hydrogens is 424 g/mol. The van der Waals surface area contributed by atoms with Crippen LogP contribution in [0, 0.1) is 0 Å². The van der Waals surface area contributed by atoms with E-state index < -0.39 is 0 Å². The van der Waals surface area contributed by atoms with Crippen molar-refractivity contribution in [3.05, 3.63) is 42.5 Å². The first kappa shape index (κ1) is 22.5.